The van der Waals surface area contributed by atoms with Crippen LogP contribution in [0.3, 0.4) is 0 Å². The van der Waals surface area contributed by atoms with E-state index in [9.17, 15) is 9.59 Å². The number of Topliss-reactive ketones (excluding diaryl/α,β-unsaturated/α-hetero) is 2. The zero-order valence-corrected chi connectivity index (χ0v) is 11.0. The average molecular weight is 222 g/mol. The van der Waals surface area contributed by atoms with E-state index >= 15 is 0 Å². The molecule has 0 radical (unpaired) electrons. The Labute approximate surface area is 98.1 Å². The molecule has 0 fully saturated rings. The Morgan fingerprint density at radius 1 is 1.44 bits per heavy atom. The van der Waals surface area contributed by atoms with Crippen LogP contribution in [0.2, 0.25) is 0 Å². The van der Waals surface area contributed by atoms with Gasteiger partial charge in [-0.1, -0.05) is 25.5 Å². The maximum absolute atomic E-state index is 12.3. The highest BCUT2D eigenvalue weighted by Crippen LogP contribution is 2.42. The van der Waals surface area contributed by atoms with E-state index in [-0.39, 0.29) is 22.9 Å². The minimum Gasteiger partial charge on any atom is -0.299 e. The van der Waals surface area contributed by atoms with Crippen molar-refractivity contribution in [3.8, 4) is 0 Å². The molecule has 1 aliphatic rings. The summed E-state index contributed by atoms with van der Waals surface area (Å²) >= 11 is 0. The second kappa shape index (κ2) is 4.52. The molecule has 0 N–H and O–H groups in total. The fraction of sp³-hybridized carbons (Fsp3) is 0.714. The summed E-state index contributed by atoms with van der Waals surface area (Å²) in [6, 6.07) is 0. The van der Waals surface area contributed by atoms with E-state index in [1.807, 2.05) is 6.92 Å². The molecule has 2 unspecified atom stereocenters. The molecule has 1 rings (SSSR count). The van der Waals surface area contributed by atoms with Gasteiger partial charge in [0, 0.05) is 5.92 Å². The van der Waals surface area contributed by atoms with Gasteiger partial charge in [0.15, 0.2) is 5.78 Å². The van der Waals surface area contributed by atoms with Gasteiger partial charge in [-0.05, 0) is 39.0 Å². The van der Waals surface area contributed by atoms with Crippen molar-refractivity contribution in [2.24, 2.45) is 17.3 Å². The molecule has 90 valence electrons. The first kappa shape index (κ1) is 13.1. The van der Waals surface area contributed by atoms with Crippen molar-refractivity contribution in [3.05, 3.63) is 11.6 Å². The van der Waals surface area contributed by atoms with Gasteiger partial charge in [0.05, 0.1) is 5.92 Å². The van der Waals surface area contributed by atoms with E-state index in [1.54, 1.807) is 6.92 Å². The SMILES string of the molecule is CC(=O)C(C)C(=O)C1C(C)=CCCC1(C)C. The first-order valence-corrected chi connectivity index (χ1v) is 5.98. The first-order valence-electron chi connectivity index (χ1n) is 5.98. The molecule has 16 heavy (non-hydrogen) atoms. The molecule has 0 heterocycles. The van der Waals surface area contributed by atoms with Gasteiger partial charge in [-0.25, -0.2) is 0 Å². The molecular formula is C14H22O2. The molecule has 0 aromatic carbocycles. The number of carbonyl (C=O) groups excluding carboxylic acids is 2. The molecule has 2 heteroatoms. The van der Waals surface area contributed by atoms with E-state index in [0.717, 1.165) is 18.4 Å². The summed E-state index contributed by atoms with van der Waals surface area (Å²) in [5.74, 6) is -0.490. The fourth-order valence-corrected chi connectivity index (χ4v) is 2.61. The Balaban J connectivity index is 3.00. The van der Waals surface area contributed by atoms with Crippen LogP contribution in [0.1, 0.15) is 47.5 Å². The lowest BCUT2D eigenvalue weighted by Crippen LogP contribution is -2.38. The van der Waals surface area contributed by atoms with Gasteiger partial charge in [-0.3, -0.25) is 9.59 Å². The molecule has 1 aliphatic carbocycles. The Morgan fingerprint density at radius 2 is 2.00 bits per heavy atom. The lowest BCUT2D eigenvalue weighted by Gasteiger charge is -2.38. The maximum atomic E-state index is 12.3. The highest BCUT2D eigenvalue weighted by molar-refractivity contribution is 6.03. The van der Waals surface area contributed by atoms with Crippen LogP contribution in [0.25, 0.3) is 0 Å². The fourth-order valence-electron chi connectivity index (χ4n) is 2.61. The summed E-state index contributed by atoms with van der Waals surface area (Å²) in [5, 5.41) is 0. The Hall–Kier alpha value is -0.920. The molecule has 0 saturated heterocycles. The van der Waals surface area contributed by atoms with E-state index in [4.69, 9.17) is 0 Å². The molecular weight excluding hydrogens is 200 g/mol. The Bertz CT molecular complexity index is 337. The smallest absolute Gasteiger partial charge is 0.150 e. The van der Waals surface area contributed by atoms with Crippen LogP contribution in [-0.2, 0) is 9.59 Å². The van der Waals surface area contributed by atoms with Gasteiger partial charge in [-0.15, -0.1) is 0 Å². The summed E-state index contributed by atoms with van der Waals surface area (Å²) in [6.45, 7) is 9.48. The molecule has 0 bridgehead atoms. The summed E-state index contributed by atoms with van der Waals surface area (Å²) in [6.07, 6.45) is 4.20. The van der Waals surface area contributed by atoms with E-state index < -0.39 is 5.92 Å². The summed E-state index contributed by atoms with van der Waals surface area (Å²) in [4.78, 5) is 23.6. The topological polar surface area (TPSA) is 34.1 Å². The van der Waals surface area contributed by atoms with Crippen molar-refractivity contribution in [3.63, 3.8) is 0 Å². The number of allylic oxidation sites excluding steroid dienone is 2. The van der Waals surface area contributed by atoms with Crippen LogP contribution >= 0.6 is 0 Å². The minimum atomic E-state index is -0.467. The Morgan fingerprint density at radius 3 is 2.44 bits per heavy atom. The second-order valence-electron chi connectivity index (χ2n) is 5.64. The normalized spacial score (nSPS) is 25.8. The molecule has 0 aliphatic heterocycles. The van der Waals surface area contributed by atoms with Crippen LogP contribution in [0.15, 0.2) is 11.6 Å². The standard InChI is InChI=1S/C14H22O2/c1-9-7-6-8-14(4,5)12(9)13(16)10(2)11(3)15/h7,10,12H,6,8H2,1-5H3. The number of hydrogen-bond donors (Lipinski definition) is 0. The van der Waals surface area contributed by atoms with Crippen LogP contribution in [-0.4, -0.2) is 11.6 Å². The zero-order valence-electron chi connectivity index (χ0n) is 11.0. The number of ketones is 2. The first-order chi connectivity index (χ1) is 7.27. The third kappa shape index (κ3) is 2.42. The predicted octanol–water partition coefficient (Wildman–Crippen LogP) is 3.16. The zero-order chi connectivity index (χ0) is 12.5. The van der Waals surface area contributed by atoms with Crippen LogP contribution < -0.4 is 0 Å². The van der Waals surface area contributed by atoms with Gasteiger partial charge >= 0.3 is 0 Å². The number of hydrogen-bond acceptors (Lipinski definition) is 2. The highest BCUT2D eigenvalue weighted by atomic mass is 16.1. The maximum Gasteiger partial charge on any atom is 0.150 e. The number of carbonyl (C=O) groups is 2. The molecule has 0 saturated carbocycles. The van der Waals surface area contributed by atoms with Crippen molar-refractivity contribution in [1.29, 1.82) is 0 Å². The van der Waals surface area contributed by atoms with Crippen molar-refractivity contribution in [2.45, 2.75) is 47.5 Å². The highest BCUT2D eigenvalue weighted by Gasteiger charge is 2.40. The van der Waals surface area contributed by atoms with Crippen LogP contribution in [0.4, 0.5) is 0 Å². The van der Waals surface area contributed by atoms with Gasteiger partial charge in [0.2, 0.25) is 0 Å². The Kier molecular flexibility index (Phi) is 3.72. The minimum absolute atomic E-state index is 0.0143. The van der Waals surface area contributed by atoms with Crippen molar-refractivity contribution >= 4 is 11.6 Å². The molecule has 0 aromatic rings. The predicted molar refractivity (Wildman–Crippen MR) is 65.1 cm³/mol. The summed E-state index contributed by atoms with van der Waals surface area (Å²) in [7, 11) is 0. The number of rotatable bonds is 3. The largest absolute Gasteiger partial charge is 0.299 e. The molecule has 0 aromatic heterocycles. The van der Waals surface area contributed by atoms with Crippen LogP contribution in [0.5, 0.6) is 0 Å². The quantitative estimate of drug-likeness (QED) is 0.543. The second-order valence-corrected chi connectivity index (χ2v) is 5.64. The van der Waals surface area contributed by atoms with Gasteiger partial charge < -0.3 is 0 Å². The third-order valence-corrected chi connectivity index (χ3v) is 3.81. The molecule has 0 amide bonds. The van der Waals surface area contributed by atoms with Crippen molar-refractivity contribution in [1.82, 2.24) is 0 Å². The third-order valence-electron chi connectivity index (χ3n) is 3.81. The van der Waals surface area contributed by atoms with Gasteiger partial charge in [0.1, 0.15) is 5.78 Å². The molecule has 2 nitrogen and oxygen atoms in total. The van der Waals surface area contributed by atoms with E-state index in [0.29, 0.717) is 0 Å². The summed E-state index contributed by atoms with van der Waals surface area (Å²) < 4.78 is 0. The lowest BCUT2D eigenvalue weighted by atomic mass is 9.65. The summed E-state index contributed by atoms with van der Waals surface area (Å²) in [5.41, 5.74) is 1.12. The molecule has 2 atom stereocenters. The van der Waals surface area contributed by atoms with Crippen molar-refractivity contribution in [2.75, 3.05) is 0 Å². The van der Waals surface area contributed by atoms with E-state index in [2.05, 4.69) is 19.9 Å². The van der Waals surface area contributed by atoms with Gasteiger partial charge in [0.25, 0.3) is 0 Å². The van der Waals surface area contributed by atoms with Crippen LogP contribution in [0, 0.1) is 17.3 Å². The monoisotopic (exact) mass is 222 g/mol. The van der Waals surface area contributed by atoms with Crippen molar-refractivity contribution < 1.29 is 9.59 Å². The van der Waals surface area contributed by atoms with Gasteiger partial charge in [-0.2, -0.15) is 0 Å². The molecule has 0 spiro atoms. The average Bonchev–Trinajstić information content (AvgIpc) is 2.14. The van der Waals surface area contributed by atoms with E-state index in [1.165, 1.54) is 6.92 Å². The lowest BCUT2D eigenvalue weighted by molar-refractivity contribution is -0.135.